The maximum absolute atomic E-state index is 13.5. The number of para-hydroxylation sites is 1. The fraction of sp³-hybridized carbons (Fsp3) is 0.250. The molecule has 1 aliphatic rings. The topological polar surface area (TPSA) is 71.9 Å². The number of nitrogens with zero attached hydrogens (tertiary/aromatic N) is 2. The third kappa shape index (κ3) is 4.02. The van der Waals surface area contributed by atoms with Gasteiger partial charge in [-0.15, -0.1) is 0 Å². The molecular weight excluding hydrogens is 395 g/mol. The van der Waals surface area contributed by atoms with E-state index in [4.69, 9.17) is 9.84 Å². The van der Waals surface area contributed by atoms with Gasteiger partial charge in [0.25, 0.3) is 5.56 Å². The minimum absolute atomic E-state index is 0.153. The van der Waals surface area contributed by atoms with Crippen LogP contribution in [0.25, 0.3) is 28.0 Å². The summed E-state index contributed by atoms with van der Waals surface area (Å²) in [7, 11) is 0. The minimum atomic E-state index is -0.302. The van der Waals surface area contributed by atoms with E-state index in [0.29, 0.717) is 30.1 Å². The molecule has 2 aromatic heterocycles. The van der Waals surface area contributed by atoms with Gasteiger partial charge in [-0.2, -0.15) is 5.10 Å². The summed E-state index contributed by atoms with van der Waals surface area (Å²) in [6.45, 7) is 1.90. The molecule has 0 saturated carbocycles. The Morgan fingerprint density at radius 1 is 1.16 bits per heavy atom. The second-order valence-electron chi connectivity index (χ2n) is 7.78. The summed E-state index contributed by atoms with van der Waals surface area (Å²) in [5.74, 6) is -0.302. The van der Waals surface area contributed by atoms with Gasteiger partial charge in [-0.05, 0) is 55.3 Å². The average molecular weight is 418 g/mol. The highest BCUT2D eigenvalue weighted by molar-refractivity contribution is 5.92. The van der Waals surface area contributed by atoms with E-state index in [-0.39, 0.29) is 17.4 Å². The molecule has 0 radical (unpaired) electrons. The molecule has 1 atom stereocenters. The van der Waals surface area contributed by atoms with Gasteiger partial charge in [0.1, 0.15) is 17.2 Å². The van der Waals surface area contributed by atoms with Gasteiger partial charge in [-0.1, -0.05) is 18.2 Å². The Bertz CT molecular complexity index is 1240. The van der Waals surface area contributed by atoms with Crippen molar-refractivity contribution < 1.29 is 9.13 Å². The van der Waals surface area contributed by atoms with Crippen molar-refractivity contribution in [3.63, 3.8) is 0 Å². The van der Waals surface area contributed by atoms with Crippen molar-refractivity contribution in [3.05, 3.63) is 82.4 Å². The van der Waals surface area contributed by atoms with Crippen molar-refractivity contribution in [2.75, 3.05) is 13.2 Å². The van der Waals surface area contributed by atoms with Crippen LogP contribution in [0.4, 0.5) is 4.39 Å². The molecule has 1 saturated heterocycles. The van der Waals surface area contributed by atoms with E-state index in [0.717, 1.165) is 36.1 Å². The van der Waals surface area contributed by atoms with Crippen LogP contribution in [0, 0.1) is 5.82 Å². The molecule has 1 aliphatic heterocycles. The normalized spacial score (nSPS) is 16.6. The van der Waals surface area contributed by atoms with Gasteiger partial charge in [-0.3, -0.25) is 4.79 Å². The first kappa shape index (κ1) is 19.7. The molecule has 4 aromatic rings. The molecule has 0 amide bonds. The van der Waals surface area contributed by atoms with Crippen molar-refractivity contribution in [1.29, 1.82) is 0 Å². The highest BCUT2D eigenvalue weighted by Gasteiger charge is 2.18. The van der Waals surface area contributed by atoms with Crippen molar-refractivity contribution in [2.45, 2.75) is 25.4 Å². The Labute approximate surface area is 178 Å². The molecule has 3 heterocycles. The maximum atomic E-state index is 13.5. The molecular formula is C24H23FN4O2. The van der Waals surface area contributed by atoms with Gasteiger partial charge >= 0.3 is 0 Å². The fourth-order valence-corrected chi connectivity index (χ4v) is 3.98. The highest BCUT2D eigenvalue weighted by atomic mass is 19.1. The van der Waals surface area contributed by atoms with Gasteiger partial charge in [0.2, 0.25) is 0 Å². The average Bonchev–Trinajstić information content (AvgIpc) is 3.17. The van der Waals surface area contributed by atoms with Crippen LogP contribution in [-0.4, -0.2) is 34.0 Å². The first-order valence-electron chi connectivity index (χ1n) is 10.5. The first-order valence-corrected chi connectivity index (χ1v) is 10.5. The number of rotatable bonds is 5. The zero-order valence-corrected chi connectivity index (χ0v) is 17.0. The van der Waals surface area contributed by atoms with E-state index in [1.807, 2.05) is 36.4 Å². The van der Waals surface area contributed by atoms with E-state index >= 15 is 0 Å². The minimum Gasteiger partial charge on any atom is -0.380 e. The van der Waals surface area contributed by atoms with E-state index in [2.05, 4.69) is 10.3 Å². The van der Waals surface area contributed by atoms with Crippen LogP contribution in [0.2, 0.25) is 0 Å². The predicted octanol–water partition coefficient (Wildman–Crippen LogP) is 3.79. The lowest BCUT2D eigenvalue weighted by Gasteiger charge is -2.23. The van der Waals surface area contributed by atoms with Crippen molar-refractivity contribution in [2.24, 2.45) is 0 Å². The van der Waals surface area contributed by atoms with Crippen molar-refractivity contribution in [1.82, 2.24) is 20.1 Å². The summed E-state index contributed by atoms with van der Waals surface area (Å²) < 4.78 is 20.7. The number of fused-ring (bicyclic) bond motifs is 1. The molecule has 0 spiro atoms. The Balaban J connectivity index is 1.60. The third-order valence-electron chi connectivity index (χ3n) is 5.62. The number of aromatic nitrogens is 3. The summed E-state index contributed by atoms with van der Waals surface area (Å²) in [5.41, 5.74) is 3.40. The van der Waals surface area contributed by atoms with Gasteiger partial charge < -0.3 is 15.0 Å². The van der Waals surface area contributed by atoms with Crippen LogP contribution in [0.3, 0.4) is 0 Å². The van der Waals surface area contributed by atoms with Crippen LogP contribution in [0.1, 0.15) is 18.4 Å². The molecule has 158 valence electrons. The number of benzene rings is 2. The monoisotopic (exact) mass is 418 g/mol. The number of ether oxygens (including phenoxy) is 1. The number of hydrogen-bond acceptors (Lipinski definition) is 4. The summed E-state index contributed by atoms with van der Waals surface area (Å²) in [5, 5.41) is 9.01. The Hall–Kier alpha value is -3.29. The maximum Gasteiger partial charge on any atom is 0.254 e. The Morgan fingerprint density at radius 2 is 1.97 bits per heavy atom. The number of pyridine rings is 1. The molecule has 0 bridgehead atoms. The molecule has 0 aliphatic carbocycles. The van der Waals surface area contributed by atoms with E-state index in [1.54, 1.807) is 16.8 Å². The molecule has 2 aromatic carbocycles. The molecule has 6 nitrogen and oxygen atoms in total. The zero-order valence-electron chi connectivity index (χ0n) is 17.0. The van der Waals surface area contributed by atoms with E-state index in [1.165, 1.54) is 12.1 Å². The molecule has 5 rings (SSSR count). The highest BCUT2D eigenvalue weighted by Crippen LogP contribution is 2.29. The largest absolute Gasteiger partial charge is 0.380 e. The van der Waals surface area contributed by atoms with E-state index < -0.39 is 0 Å². The number of halogens is 1. The van der Waals surface area contributed by atoms with E-state index in [9.17, 15) is 9.18 Å². The number of H-pyrrole nitrogens is 1. The zero-order chi connectivity index (χ0) is 21.2. The molecule has 7 heteroatoms. The fourth-order valence-electron chi connectivity index (χ4n) is 3.98. The van der Waals surface area contributed by atoms with Crippen LogP contribution in [0.5, 0.6) is 0 Å². The SMILES string of the molecule is O=c1[nH]c2c(cc1CN[C@H]1CCCOC1)c(-c1ccc(F)cc1)nn2-c1ccccc1. The summed E-state index contributed by atoms with van der Waals surface area (Å²) in [6.07, 6.45) is 2.05. The third-order valence-corrected chi connectivity index (χ3v) is 5.62. The number of aromatic amines is 1. The molecule has 0 unspecified atom stereocenters. The predicted molar refractivity (Wildman–Crippen MR) is 118 cm³/mol. The lowest BCUT2D eigenvalue weighted by atomic mass is 10.1. The number of hydrogen-bond donors (Lipinski definition) is 2. The van der Waals surface area contributed by atoms with Crippen LogP contribution in [-0.2, 0) is 11.3 Å². The van der Waals surface area contributed by atoms with Gasteiger partial charge in [0.15, 0.2) is 0 Å². The lowest BCUT2D eigenvalue weighted by Crippen LogP contribution is -2.37. The van der Waals surface area contributed by atoms with Crippen LogP contribution >= 0.6 is 0 Å². The standard InChI is InChI=1S/C24H23FN4O2/c25-18-10-8-16(9-11-18)22-21-13-17(14-26-19-5-4-12-31-15-19)24(30)27-23(21)29(28-22)20-6-2-1-3-7-20/h1-3,6-11,13,19,26H,4-5,12,14-15H2,(H,27,30)/t19-/m0/s1. The van der Waals surface area contributed by atoms with Crippen LogP contribution in [0.15, 0.2) is 65.5 Å². The van der Waals surface area contributed by atoms with Crippen molar-refractivity contribution >= 4 is 11.0 Å². The van der Waals surface area contributed by atoms with Gasteiger partial charge in [0, 0.05) is 35.7 Å². The molecule has 31 heavy (non-hydrogen) atoms. The number of nitrogens with one attached hydrogen (secondary N) is 2. The quantitative estimate of drug-likeness (QED) is 0.517. The molecule has 2 N–H and O–H groups in total. The first-order chi connectivity index (χ1) is 15.2. The van der Waals surface area contributed by atoms with Crippen LogP contribution < -0.4 is 10.9 Å². The Morgan fingerprint density at radius 3 is 2.71 bits per heavy atom. The molecule has 1 fully saturated rings. The lowest BCUT2D eigenvalue weighted by molar-refractivity contribution is 0.0699. The summed E-state index contributed by atoms with van der Waals surface area (Å²) in [6, 6.07) is 18.0. The van der Waals surface area contributed by atoms with Gasteiger partial charge in [0.05, 0.1) is 12.3 Å². The second kappa shape index (κ2) is 8.45. The summed E-state index contributed by atoms with van der Waals surface area (Å²) in [4.78, 5) is 15.9. The van der Waals surface area contributed by atoms with Crippen molar-refractivity contribution in [3.8, 4) is 16.9 Å². The van der Waals surface area contributed by atoms with Gasteiger partial charge in [-0.25, -0.2) is 9.07 Å². The Kier molecular flexibility index (Phi) is 5.36. The second-order valence-corrected chi connectivity index (χ2v) is 7.78. The summed E-state index contributed by atoms with van der Waals surface area (Å²) >= 11 is 0. The smallest absolute Gasteiger partial charge is 0.254 e.